The van der Waals surface area contributed by atoms with E-state index in [1.54, 1.807) is 0 Å². The summed E-state index contributed by atoms with van der Waals surface area (Å²) in [4.78, 5) is 0. The van der Waals surface area contributed by atoms with E-state index in [9.17, 15) is 0 Å². The van der Waals surface area contributed by atoms with Crippen molar-refractivity contribution in [2.24, 2.45) is 0 Å². The summed E-state index contributed by atoms with van der Waals surface area (Å²) in [6.07, 6.45) is 0. The molecule has 2 nitrogen and oxygen atoms in total. The van der Waals surface area contributed by atoms with Crippen LogP contribution in [0.2, 0.25) is 0 Å². The zero-order valence-electron chi connectivity index (χ0n) is 30.1. The smallest absolute Gasteiger partial charge is 0.0470 e. The van der Waals surface area contributed by atoms with Gasteiger partial charge in [0.05, 0.1) is 0 Å². The number of nitrogens with two attached hydrogens (primary N) is 1. The lowest BCUT2D eigenvalue weighted by atomic mass is 9.98. The molecule has 0 unspecified atom stereocenters. The Balaban J connectivity index is 0.000000126. The Morgan fingerprint density at radius 3 is 1.13 bits per heavy atom. The molecule has 0 saturated heterocycles. The Morgan fingerprint density at radius 1 is 0.291 bits per heavy atom. The van der Waals surface area contributed by atoms with Gasteiger partial charge in [-0.3, -0.25) is 0 Å². The first-order chi connectivity index (χ1) is 27.1. The minimum absolute atomic E-state index is 0.823. The van der Waals surface area contributed by atoms with Crippen molar-refractivity contribution in [1.82, 2.24) is 0 Å². The highest BCUT2D eigenvalue weighted by atomic mass is 79.9. The van der Waals surface area contributed by atoms with Gasteiger partial charge in [0.15, 0.2) is 0 Å². The molecule has 11 rings (SSSR count). The topological polar surface area (TPSA) is 38.0 Å². The third kappa shape index (κ3) is 6.83. The number of hydrogen-bond acceptors (Lipinski definition) is 2. The predicted molar refractivity (Wildman–Crippen MR) is 244 cm³/mol. The molecule has 0 radical (unpaired) electrons. The maximum atomic E-state index is 5.62. The van der Waals surface area contributed by atoms with Crippen molar-refractivity contribution >= 4 is 108 Å². The highest BCUT2D eigenvalue weighted by Gasteiger charge is 2.10. The Kier molecular flexibility index (Phi) is 9.29. The Morgan fingerprint density at radius 2 is 0.636 bits per heavy atom. The van der Waals surface area contributed by atoms with Crippen molar-refractivity contribution in [3.8, 4) is 0 Å². The fourth-order valence-corrected chi connectivity index (χ4v) is 8.27. The molecule has 0 aliphatic carbocycles. The minimum atomic E-state index is 0.823. The molecule has 0 heterocycles. The molecule has 0 spiro atoms. The molecule has 0 aliphatic heterocycles. The maximum absolute atomic E-state index is 5.62. The number of anilines is 3. The summed E-state index contributed by atoms with van der Waals surface area (Å²) in [5.41, 5.74) is 8.72. The molecule has 55 heavy (non-hydrogen) atoms. The van der Waals surface area contributed by atoms with Crippen molar-refractivity contribution in [3.63, 3.8) is 0 Å². The number of hydrogen-bond donors (Lipinski definition) is 2. The highest BCUT2D eigenvalue weighted by Crippen LogP contribution is 2.38. The SMILES string of the molecule is Brc1cc2ccccc2c2ccccc12.Nc1ccc2ccccc2c1.c1ccc2c(c1)cc(Nc1cc3ccccc3c3ccccc13)c1ccccc12. The van der Waals surface area contributed by atoms with Crippen LogP contribution in [0.15, 0.2) is 211 Å². The molecule has 0 amide bonds. The number of benzene rings is 11. The second-order valence-electron chi connectivity index (χ2n) is 13.7. The molecule has 3 N–H and O–H groups in total. The lowest BCUT2D eigenvalue weighted by Gasteiger charge is -2.16. The van der Waals surface area contributed by atoms with Crippen LogP contribution in [0.1, 0.15) is 0 Å². The lowest BCUT2D eigenvalue weighted by molar-refractivity contribution is 1.64. The van der Waals surface area contributed by atoms with E-state index in [-0.39, 0.29) is 0 Å². The molecule has 262 valence electrons. The first kappa shape index (κ1) is 34.1. The number of nitrogen functional groups attached to an aromatic ring is 1. The van der Waals surface area contributed by atoms with Crippen molar-refractivity contribution in [2.75, 3.05) is 11.1 Å². The van der Waals surface area contributed by atoms with Gasteiger partial charge >= 0.3 is 0 Å². The molecule has 11 aromatic carbocycles. The van der Waals surface area contributed by atoms with Gasteiger partial charge < -0.3 is 11.1 Å². The monoisotopic (exact) mass is 768 g/mol. The van der Waals surface area contributed by atoms with Crippen LogP contribution in [-0.4, -0.2) is 0 Å². The zero-order chi connectivity index (χ0) is 37.1. The van der Waals surface area contributed by atoms with Gasteiger partial charge in [-0.25, -0.2) is 0 Å². The Bertz CT molecular complexity index is 3050. The molecular weight excluding hydrogens is 732 g/mol. The molecule has 0 atom stereocenters. The van der Waals surface area contributed by atoms with E-state index in [4.69, 9.17) is 5.73 Å². The van der Waals surface area contributed by atoms with Gasteiger partial charge in [0.2, 0.25) is 0 Å². The predicted octanol–water partition coefficient (Wildman–Crippen LogP) is 15.2. The third-order valence-corrected chi connectivity index (χ3v) is 11.0. The summed E-state index contributed by atoms with van der Waals surface area (Å²) < 4.78 is 1.16. The Hall–Kier alpha value is -6.68. The second kappa shape index (κ2) is 15.0. The third-order valence-electron chi connectivity index (χ3n) is 10.3. The van der Waals surface area contributed by atoms with Gasteiger partial charge in [0, 0.05) is 32.3 Å². The number of nitrogens with one attached hydrogen (secondary N) is 1. The van der Waals surface area contributed by atoms with Crippen molar-refractivity contribution in [2.45, 2.75) is 0 Å². The van der Waals surface area contributed by atoms with Crippen LogP contribution in [0, 0.1) is 0 Å². The quantitative estimate of drug-likeness (QED) is 0.136. The normalized spacial score (nSPS) is 11.1. The standard InChI is InChI=1S/C28H19N.C14H9Br.C10H9N/c1-3-11-21-19(9-1)17-27(25-15-7-5-13-23(21)25)29-28-18-20-10-2-4-12-22(20)24-14-6-8-16-26(24)28;15-14-9-10-5-1-2-6-11(10)12-7-3-4-8-13(12)14;11-10-6-5-8-3-1-2-4-9(8)7-10/h1-18,29H;1-9H;1-7H,11H2. The molecule has 0 aromatic heterocycles. The number of fused-ring (bicyclic) bond motifs is 10. The van der Waals surface area contributed by atoms with E-state index >= 15 is 0 Å². The summed E-state index contributed by atoms with van der Waals surface area (Å²) in [5, 5.41) is 21.5. The van der Waals surface area contributed by atoms with Crippen LogP contribution in [-0.2, 0) is 0 Å². The van der Waals surface area contributed by atoms with E-state index in [0.29, 0.717) is 0 Å². The average molecular weight is 770 g/mol. The van der Waals surface area contributed by atoms with Crippen LogP contribution < -0.4 is 11.1 Å². The first-order valence-corrected chi connectivity index (χ1v) is 19.3. The fourth-order valence-electron chi connectivity index (χ4n) is 7.68. The summed E-state index contributed by atoms with van der Waals surface area (Å²) in [6.45, 7) is 0. The molecule has 0 aliphatic rings. The second-order valence-corrected chi connectivity index (χ2v) is 14.6. The van der Waals surface area contributed by atoms with Crippen molar-refractivity contribution in [1.29, 1.82) is 0 Å². The van der Waals surface area contributed by atoms with Gasteiger partial charge in [-0.05, 0) is 95.0 Å². The highest BCUT2D eigenvalue weighted by molar-refractivity contribution is 9.10. The average Bonchev–Trinajstić information content (AvgIpc) is 3.24. The maximum Gasteiger partial charge on any atom is 0.0470 e. The molecule has 11 aromatic rings. The molecule has 0 fully saturated rings. The summed E-state index contributed by atoms with van der Waals surface area (Å²) in [6, 6.07) is 72.2. The van der Waals surface area contributed by atoms with Crippen LogP contribution in [0.25, 0.3) is 75.4 Å². The minimum Gasteiger partial charge on any atom is -0.399 e. The van der Waals surface area contributed by atoms with Gasteiger partial charge in [-0.15, -0.1) is 0 Å². The van der Waals surface area contributed by atoms with E-state index in [0.717, 1.165) is 21.5 Å². The van der Waals surface area contributed by atoms with Gasteiger partial charge in [-0.2, -0.15) is 0 Å². The van der Waals surface area contributed by atoms with Gasteiger partial charge in [-0.1, -0.05) is 192 Å². The molecule has 3 heteroatoms. The van der Waals surface area contributed by atoms with E-state index in [1.807, 2.05) is 30.3 Å². The number of halogens is 1. The summed E-state index contributed by atoms with van der Waals surface area (Å²) in [5.74, 6) is 0. The lowest BCUT2D eigenvalue weighted by Crippen LogP contribution is -1.94. The molecule has 0 saturated carbocycles. The van der Waals surface area contributed by atoms with Gasteiger partial charge in [0.25, 0.3) is 0 Å². The van der Waals surface area contributed by atoms with Crippen molar-refractivity contribution < 1.29 is 0 Å². The number of rotatable bonds is 2. The van der Waals surface area contributed by atoms with E-state index in [1.165, 1.54) is 75.4 Å². The van der Waals surface area contributed by atoms with E-state index < -0.39 is 0 Å². The van der Waals surface area contributed by atoms with Crippen LogP contribution in [0.4, 0.5) is 17.1 Å². The van der Waals surface area contributed by atoms with Crippen LogP contribution in [0.5, 0.6) is 0 Å². The van der Waals surface area contributed by atoms with Crippen LogP contribution in [0.3, 0.4) is 0 Å². The molecule has 0 bridgehead atoms. The summed E-state index contributed by atoms with van der Waals surface area (Å²) >= 11 is 3.62. The summed E-state index contributed by atoms with van der Waals surface area (Å²) in [7, 11) is 0. The van der Waals surface area contributed by atoms with Gasteiger partial charge in [0.1, 0.15) is 0 Å². The largest absolute Gasteiger partial charge is 0.399 e. The van der Waals surface area contributed by atoms with E-state index in [2.05, 4.69) is 197 Å². The van der Waals surface area contributed by atoms with Crippen molar-refractivity contribution in [3.05, 3.63) is 211 Å². The molecular formula is C52H37BrN2. The first-order valence-electron chi connectivity index (χ1n) is 18.5. The van der Waals surface area contributed by atoms with Crippen LogP contribution >= 0.6 is 15.9 Å². The fraction of sp³-hybridized carbons (Fsp3) is 0. The Labute approximate surface area is 328 Å². The zero-order valence-corrected chi connectivity index (χ0v) is 31.7.